The number of hydrogen-bond acceptors (Lipinski definition) is 0. The van der Waals surface area contributed by atoms with Crippen molar-refractivity contribution < 1.29 is 0 Å². The van der Waals surface area contributed by atoms with Gasteiger partial charge < -0.3 is 0 Å². The van der Waals surface area contributed by atoms with E-state index < -0.39 is 0 Å². The summed E-state index contributed by atoms with van der Waals surface area (Å²) < 4.78 is 0. The van der Waals surface area contributed by atoms with E-state index in [1.807, 2.05) is 0 Å². The van der Waals surface area contributed by atoms with E-state index in [-0.39, 0.29) is 0 Å². The number of benzene rings is 2. The molecule has 1 atom stereocenters. The van der Waals surface area contributed by atoms with Crippen LogP contribution in [0.25, 0.3) is 0 Å². The molecule has 1 unspecified atom stereocenters. The molecule has 0 radical (unpaired) electrons. The number of alkyl halides is 1. The molecule has 2 aromatic rings. The van der Waals surface area contributed by atoms with Crippen LogP contribution in [0.3, 0.4) is 0 Å². The summed E-state index contributed by atoms with van der Waals surface area (Å²) in [6, 6.07) is 15.4. The summed E-state index contributed by atoms with van der Waals surface area (Å²) in [7, 11) is 0. The second-order valence-corrected chi connectivity index (χ2v) is 6.13. The predicted molar refractivity (Wildman–Crippen MR) is 82.5 cm³/mol. The monoisotopic (exact) mass is 302 g/mol. The molecule has 0 saturated heterocycles. The third-order valence-corrected chi connectivity index (χ3v) is 4.09. The van der Waals surface area contributed by atoms with Crippen LogP contribution in [-0.4, -0.2) is 0 Å². The van der Waals surface area contributed by atoms with Crippen LogP contribution in [0.2, 0.25) is 0 Å². The molecule has 0 spiro atoms. The molecule has 0 nitrogen and oxygen atoms in total. The summed E-state index contributed by atoms with van der Waals surface area (Å²) in [5.74, 6) is 0. The summed E-state index contributed by atoms with van der Waals surface area (Å²) in [5, 5.41) is 0. The van der Waals surface area contributed by atoms with Crippen molar-refractivity contribution in [3.05, 3.63) is 70.3 Å². The van der Waals surface area contributed by atoms with Gasteiger partial charge in [-0.05, 0) is 43.9 Å². The quantitative estimate of drug-likeness (QED) is 0.676. The highest BCUT2D eigenvalue weighted by Gasteiger charge is 2.11. The molecular formula is C17H19Br. The van der Waals surface area contributed by atoms with Crippen LogP contribution < -0.4 is 0 Å². The number of rotatable bonds is 3. The second kappa shape index (κ2) is 5.71. The maximum Gasteiger partial charge on any atom is 0.0438 e. The SMILES string of the molecule is Cc1cccc(CC(Br)c2cc(C)ccc2C)c1. The van der Waals surface area contributed by atoms with E-state index in [0.717, 1.165) is 6.42 Å². The highest BCUT2D eigenvalue weighted by Crippen LogP contribution is 2.30. The van der Waals surface area contributed by atoms with Gasteiger partial charge in [-0.1, -0.05) is 69.5 Å². The van der Waals surface area contributed by atoms with Crippen molar-refractivity contribution in [2.45, 2.75) is 32.0 Å². The van der Waals surface area contributed by atoms with Crippen LogP contribution in [0, 0.1) is 20.8 Å². The molecular weight excluding hydrogens is 284 g/mol. The smallest absolute Gasteiger partial charge is 0.0438 e. The minimum atomic E-state index is 0.388. The van der Waals surface area contributed by atoms with Gasteiger partial charge in [-0.3, -0.25) is 0 Å². The summed E-state index contributed by atoms with van der Waals surface area (Å²) >= 11 is 3.83. The molecule has 2 aromatic carbocycles. The summed E-state index contributed by atoms with van der Waals surface area (Å²) in [4.78, 5) is 0.388. The fourth-order valence-electron chi connectivity index (χ4n) is 2.25. The molecule has 0 saturated carbocycles. The second-order valence-electron chi connectivity index (χ2n) is 5.02. The zero-order valence-corrected chi connectivity index (χ0v) is 12.8. The Morgan fingerprint density at radius 3 is 2.39 bits per heavy atom. The van der Waals surface area contributed by atoms with Gasteiger partial charge in [-0.15, -0.1) is 0 Å². The minimum Gasteiger partial charge on any atom is -0.0835 e. The Bertz CT molecular complexity index is 543. The van der Waals surface area contributed by atoms with Gasteiger partial charge in [0.15, 0.2) is 0 Å². The number of halogens is 1. The lowest BCUT2D eigenvalue weighted by Crippen LogP contribution is -1.99. The molecule has 18 heavy (non-hydrogen) atoms. The maximum atomic E-state index is 3.83. The maximum absolute atomic E-state index is 3.83. The van der Waals surface area contributed by atoms with Crippen LogP contribution in [0.4, 0.5) is 0 Å². The highest BCUT2D eigenvalue weighted by atomic mass is 79.9. The first-order chi connectivity index (χ1) is 8.56. The van der Waals surface area contributed by atoms with Crippen LogP contribution in [-0.2, 0) is 6.42 Å². The highest BCUT2D eigenvalue weighted by molar-refractivity contribution is 9.09. The lowest BCUT2D eigenvalue weighted by Gasteiger charge is -2.14. The average molecular weight is 303 g/mol. The minimum absolute atomic E-state index is 0.388. The average Bonchev–Trinajstić information content (AvgIpc) is 2.32. The van der Waals surface area contributed by atoms with E-state index >= 15 is 0 Å². The first-order valence-electron chi connectivity index (χ1n) is 6.33. The predicted octanol–water partition coefficient (Wildman–Crippen LogP) is 5.29. The van der Waals surface area contributed by atoms with Crippen molar-refractivity contribution >= 4 is 15.9 Å². The van der Waals surface area contributed by atoms with E-state index in [9.17, 15) is 0 Å². The fraction of sp³-hybridized carbons (Fsp3) is 0.294. The van der Waals surface area contributed by atoms with Gasteiger partial charge in [0.25, 0.3) is 0 Å². The first-order valence-corrected chi connectivity index (χ1v) is 7.24. The zero-order valence-electron chi connectivity index (χ0n) is 11.2. The Morgan fingerprint density at radius 1 is 0.944 bits per heavy atom. The van der Waals surface area contributed by atoms with Crippen molar-refractivity contribution in [1.82, 2.24) is 0 Å². The molecule has 0 aliphatic carbocycles. The van der Waals surface area contributed by atoms with Gasteiger partial charge in [-0.25, -0.2) is 0 Å². The van der Waals surface area contributed by atoms with Crippen molar-refractivity contribution in [3.8, 4) is 0 Å². The molecule has 94 valence electrons. The molecule has 0 aromatic heterocycles. The summed E-state index contributed by atoms with van der Waals surface area (Å²) in [5.41, 5.74) is 6.79. The molecule has 0 bridgehead atoms. The third-order valence-electron chi connectivity index (χ3n) is 3.27. The molecule has 0 N–H and O–H groups in total. The summed E-state index contributed by atoms with van der Waals surface area (Å²) in [6.07, 6.45) is 1.03. The molecule has 0 aliphatic rings. The normalized spacial score (nSPS) is 12.4. The Balaban J connectivity index is 2.21. The van der Waals surface area contributed by atoms with Gasteiger partial charge in [0.1, 0.15) is 0 Å². The number of hydrogen-bond donors (Lipinski definition) is 0. The van der Waals surface area contributed by atoms with E-state index in [1.54, 1.807) is 0 Å². The van der Waals surface area contributed by atoms with Crippen molar-refractivity contribution in [3.63, 3.8) is 0 Å². The van der Waals surface area contributed by atoms with E-state index in [2.05, 4.69) is 79.2 Å². The van der Waals surface area contributed by atoms with Gasteiger partial charge in [0.2, 0.25) is 0 Å². The van der Waals surface area contributed by atoms with Crippen LogP contribution in [0.5, 0.6) is 0 Å². The fourth-order valence-corrected chi connectivity index (χ4v) is 3.12. The number of aryl methyl sites for hydroxylation is 3. The molecule has 2 rings (SSSR count). The lowest BCUT2D eigenvalue weighted by molar-refractivity contribution is 0.934. The van der Waals surface area contributed by atoms with Crippen LogP contribution >= 0.6 is 15.9 Å². The van der Waals surface area contributed by atoms with E-state index in [4.69, 9.17) is 0 Å². The van der Waals surface area contributed by atoms with Crippen LogP contribution in [0.15, 0.2) is 42.5 Å². The molecule has 0 heterocycles. The van der Waals surface area contributed by atoms with E-state index in [0.29, 0.717) is 4.83 Å². The molecule has 0 amide bonds. The van der Waals surface area contributed by atoms with Gasteiger partial charge in [0, 0.05) is 4.83 Å². The molecule has 0 fully saturated rings. The molecule has 1 heteroatoms. The zero-order chi connectivity index (χ0) is 13.1. The van der Waals surface area contributed by atoms with E-state index in [1.165, 1.54) is 27.8 Å². The summed E-state index contributed by atoms with van der Waals surface area (Å²) in [6.45, 7) is 6.47. The van der Waals surface area contributed by atoms with Crippen LogP contribution in [0.1, 0.15) is 32.6 Å². The van der Waals surface area contributed by atoms with Gasteiger partial charge >= 0.3 is 0 Å². The van der Waals surface area contributed by atoms with Crippen molar-refractivity contribution in [2.75, 3.05) is 0 Å². The standard InChI is InChI=1S/C17H19Br/c1-12-5-4-6-15(9-12)11-17(18)16-10-13(2)7-8-14(16)3/h4-10,17H,11H2,1-3H3. The first kappa shape index (κ1) is 13.4. The Hall–Kier alpha value is -1.08. The van der Waals surface area contributed by atoms with Crippen molar-refractivity contribution in [1.29, 1.82) is 0 Å². The van der Waals surface area contributed by atoms with Gasteiger partial charge in [-0.2, -0.15) is 0 Å². The van der Waals surface area contributed by atoms with Gasteiger partial charge in [0.05, 0.1) is 0 Å². The largest absolute Gasteiger partial charge is 0.0835 e. The molecule has 0 aliphatic heterocycles. The third kappa shape index (κ3) is 3.23. The topological polar surface area (TPSA) is 0 Å². The Labute approximate surface area is 118 Å². The lowest BCUT2D eigenvalue weighted by atomic mass is 9.98. The van der Waals surface area contributed by atoms with Crippen molar-refractivity contribution in [2.24, 2.45) is 0 Å². The Morgan fingerprint density at radius 2 is 1.67 bits per heavy atom. The Kier molecular flexibility index (Phi) is 4.23.